The van der Waals surface area contributed by atoms with Crippen LogP contribution in [0.4, 0.5) is 4.39 Å². The van der Waals surface area contributed by atoms with Gasteiger partial charge in [0.25, 0.3) is 0 Å². The molecule has 0 aromatic heterocycles. The van der Waals surface area contributed by atoms with Gasteiger partial charge in [0.1, 0.15) is 0 Å². The molecular weight excluding hydrogens is 305 g/mol. The van der Waals surface area contributed by atoms with Crippen molar-refractivity contribution in [2.45, 2.75) is 26.7 Å². The summed E-state index contributed by atoms with van der Waals surface area (Å²) in [6, 6.07) is 0. The van der Waals surface area contributed by atoms with Gasteiger partial charge >= 0.3 is 0 Å². The lowest BCUT2D eigenvalue weighted by Gasteiger charge is -2.16. The van der Waals surface area contributed by atoms with Crippen LogP contribution in [0.15, 0.2) is 23.0 Å². The lowest BCUT2D eigenvalue weighted by atomic mass is 10.1. The van der Waals surface area contributed by atoms with E-state index < -0.39 is 5.92 Å². The SMILES string of the molecule is C=C1/C(=C(\F)SCBr)C(C)C(=O)N1CCCC. The monoisotopic (exact) mass is 321 g/mol. The van der Waals surface area contributed by atoms with Crippen LogP contribution in [-0.2, 0) is 4.79 Å². The van der Waals surface area contributed by atoms with Crippen LogP contribution in [-0.4, -0.2) is 22.0 Å². The first kappa shape index (κ1) is 14.8. The van der Waals surface area contributed by atoms with E-state index in [0.29, 0.717) is 22.5 Å². The summed E-state index contributed by atoms with van der Waals surface area (Å²) < 4.78 is 14.3. The fraction of sp³-hybridized carbons (Fsp3) is 0.583. The molecule has 0 bridgehead atoms. The van der Waals surface area contributed by atoms with Crippen LogP contribution in [0.5, 0.6) is 0 Å². The molecule has 1 fully saturated rings. The first-order valence-electron chi connectivity index (χ1n) is 5.63. The average molecular weight is 322 g/mol. The highest BCUT2D eigenvalue weighted by atomic mass is 79.9. The van der Waals surface area contributed by atoms with Crippen LogP contribution in [0, 0.1) is 5.92 Å². The minimum absolute atomic E-state index is 0.0382. The molecule has 17 heavy (non-hydrogen) atoms. The highest BCUT2D eigenvalue weighted by Crippen LogP contribution is 2.39. The number of allylic oxidation sites excluding steroid dienone is 1. The predicted octanol–water partition coefficient (Wildman–Crippen LogP) is 4.05. The van der Waals surface area contributed by atoms with E-state index >= 15 is 0 Å². The van der Waals surface area contributed by atoms with Crippen molar-refractivity contribution in [1.29, 1.82) is 0 Å². The molecule has 1 aliphatic heterocycles. The van der Waals surface area contributed by atoms with Gasteiger partial charge in [0, 0.05) is 17.8 Å². The first-order chi connectivity index (χ1) is 8.04. The Morgan fingerprint density at radius 3 is 2.82 bits per heavy atom. The molecule has 5 heteroatoms. The number of likely N-dealkylation sites (tertiary alicyclic amines) is 1. The van der Waals surface area contributed by atoms with Gasteiger partial charge in [0.15, 0.2) is 5.16 Å². The first-order valence-corrected chi connectivity index (χ1v) is 7.74. The molecule has 1 amide bonds. The zero-order valence-electron chi connectivity index (χ0n) is 10.1. The summed E-state index contributed by atoms with van der Waals surface area (Å²) in [7, 11) is 0. The molecule has 96 valence electrons. The third-order valence-corrected chi connectivity index (χ3v) is 4.10. The second kappa shape index (κ2) is 6.59. The quantitative estimate of drug-likeness (QED) is 0.712. The summed E-state index contributed by atoms with van der Waals surface area (Å²) in [6.07, 6.45) is 1.92. The van der Waals surface area contributed by atoms with E-state index in [1.807, 2.05) is 0 Å². The molecule has 0 aromatic carbocycles. The number of unbranched alkanes of at least 4 members (excludes halogenated alkanes) is 1. The fourth-order valence-corrected chi connectivity index (χ4v) is 3.01. The van der Waals surface area contributed by atoms with Crippen molar-refractivity contribution in [1.82, 2.24) is 4.90 Å². The summed E-state index contributed by atoms with van der Waals surface area (Å²) in [5.74, 6) is -0.449. The van der Waals surface area contributed by atoms with E-state index in [2.05, 4.69) is 29.4 Å². The summed E-state index contributed by atoms with van der Waals surface area (Å²) in [5, 5.41) is -0.299. The summed E-state index contributed by atoms with van der Waals surface area (Å²) in [4.78, 5) is 13.6. The highest BCUT2D eigenvalue weighted by Gasteiger charge is 2.38. The number of hydrogen-bond donors (Lipinski definition) is 0. The van der Waals surface area contributed by atoms with Crippen molar-refractivity contribution < 1.29 is 9.18 Å². The highest BCUT2D eigenvalue weighted by molar-refractivity contribution is 9.11. The van der Waals surface area contributed by atoms with E-state index in [1.54, 1.807) is 11.8 Å². The van der Waals surface area contributed by atoms with Gasteiger partial charge in [-0.1, -0.05) is 47.6 Å². The second-order valence-electron chi connectivity index (χ2n) is 3.95. The molecule has 1 aliphatic rings. The summed E-state index contributed by atoms with van der Waals surface area (Å²) in [6.45, 7) is 8.29. The van der Waals surface area contributed by atoms with E-state index in [-0.39, 0.29) is 11.1 Å². The van der Waals surface area contributed by atoms with Gasteiger partial charge in [0.05, 0.1) is 10.6 Å². The number of rotatable bonds is 5. The smallest absolute Gasteiger partial charge is 0.234 e. The van der Waals surface area contributed by atoms with Gasteiger partial charge in [-0.2, -0.15) is 4.39 Å². The fourth-order valence-electron chi connectivity index (χ4n) is 1.86. The molecule has 1 unspecified atom stereocenters. The summed E-state index contributed by atoms with van der Waals surface area (Å²) >= 11 is 4.22. The van der Waals surface area contributed by atoms with Gasteiger partial charge in [-0.15, -0.1) is 0 Å². The van der Waals surface area contributed by atoms with E-state index in [1.165, 1.54) is 0 Å². The van der Waals surface area contributed by atoms with Gasteiger partial charge in [0.2, 0.25) is 5.91 Å². The second-order valence-corrected chi connectivity index (χ2v) is 6.19. The molecule has 0 radical (unpaired) electrons. The number of carbonyl (C=O) groups is 1. The molecule has 2 nitrogen and oxygen atoms in total. The van der Waals surface area contributed by atoms with Crippen LogP contribution in [0.1, 0.15) is 26.7 Å². The zero-order chi connectivity index (χ0) is 13.0. The lowest BCUT2D eigenvalue weighted by molar-refractivity contribution is -0.129. The van der Waals surface area contributed by atoms with Crippen LogP contribution in [0.3, 0.4) is 0 Å². The topological polar surface area (TPSA) is 20.3 Å². The summed E-state index contributed by atoms with van der Waals surface area (Å²) in [5.41, 5.74) is 0.984. The third-order valence-electron chi connectivity index (χ3n) is 2.83. The number of alkyl halides is 1. The number of thioether (sulfide) groups is 1. The van der Waals surface area contributed by atoms with Crippen molar-refractivity contribution in [2.24, 2.45) is 5.92 Å². The largest absolute Gasteiger partial charge is 0.312 e. The molecule has 0 spiro atoms. The molecule has 0 saturated carbocycles. The van der Waals surface area contributed by atoms with Crippen molar-refractivity contribution >= 4 is 33.6 Å². The molecule has 1 atom stereocenters. The minimum Gasteiger partial charge on any atom is -0.312 e. The Balaban J connectivity index is 2.93. The Bertz CT molecular complexity index is 356. The normalized spacial score (nSPS) is 23.5. The lowest BCUT2D eigenvalue weighted by Crippen LogP contribution is -2.26. The van der Waals surface area contributed by atoms with Crippen molar-refractivity contribution in [3.63, 3.8) is 0 Å². The molecule has 0 aromatic rings. The van der Waals surface area contributed by atoms with Gasteiger partial charge in [-0.05, 0) is 13.3 Å². The van der Waals surface area contributed by atoms with Crippen molar-refractivity contribution in [3.05, 3.63) is 23.0 Å². The van der Waals surface area contributed by atoms with Crippen LogP contribution in [0.2, 0.25) is 0 Å². The Morgan fingerprint density at radius 2 is 2.29 bits per heavy atom. The van der Waals surface area contributed by atoms with E-state index in [0.717, 1.165) is 24.6 Å². The van der Waals surface area contributed by atoms with Crippen molar-refractivity contribution in [2.75, 3.05) is 11.2 Å². The number of nitrogens with zero attached hydrogens (tertiary/aromatic N) is 1. The number of hydrogen-bond acceptors (Lipinski definition) is 2. The third kappa shape index (κ3) is 3.13. The van der Waals surface area contributed by atoms with Crippen LogP contribution >= 0.6 is 27.7 Å². The van der Waals surface area contributed by atoms with Crippen LogP contribution < -0.4 is 0 Å². The number of amides is 1. The molecule has 1 heterocycles. The minimum atomic E-state index is -0.411. The molecule has 0 N–H and O–H groups in total. The molecular formula is C12H17BrFNOS. The molecule has 1 rings (SSSR count). The van der Waals surface area contributed by atoms with Gasteiger partial charge in [-0.25, -0.2) is 0 Å². The maximum Gasteiger partial charge on any atom is 0.234 e. The number of carbonyl (C=O) groups excluding carboxylic acids is 1. The zero-order valence-corrected chi connectivity index (χ0v) is 12.5. The predicted molar refractivity (Wildman–Crippen MR) is 74.4 cm³/mol. The number of halogens is 2. The van der Waals surface area contributed by atoms with E-state index in [4.69, 9.17) is 0 Å². The Labute approximate surface area is 114 Å². The Hall–Kier alpha value is -0.290. The maximum absolute atomic E-state index is 13.9. The van der Waals surface area contributed by atoms with Gasteiger partial charge in [-0.3, -0.25) is 4.79 Å². The standard InChI is InChI=1S/C12H17BrFNOS/c1-4-5-6-15-9(3)10(8(2)12(15)16)11(14)17-7-13/h8H,3-7H2,1-2H3/b11-10+. The Morgan fingerprint density at radius 1 is 1.65 bits per heavy atom. The Kier molecular flexibility index (Phi) is 5.73. The average Bonchev–Trinajstić information content (AvgIpc) is 2.49. The van der Waals surface area contributed by atoms with Crippen LogP contribution in [0.25, 0.3) is 0 Å². The molecule has 0 aliphatic carbocycles. The van der Waals surface area contributed by atoms with Gasteiger partial charge < -0.3 is 4.90 Å². The van der Waals surface area contributed by atoms with Crippen molar-refractivity contribution in [3.8, 4) is 0 Å². The maximum atomic E-state index is 13.9. The van der Waals surface area contributed by atoms with E-state index in [9.17, 15) is 9.18 Å². The molecule has 1 saturated heterocycles.